The number of rotatable bonds is 6. The first kappa shape index (κ1) is 20.1. The van der Waals surface area contributed by atoms with Crippen molar-refractivity contribution in [1.29, 1.82) is 0 Å². The number of hydrogen-bond donors (Lipinski definition) is 1. The third kappa shape index (κ3) is 4.80. The molecule has 0 bridgehead atoms. The smallest absolute Gasteiger partial charge is 0.243 e. The van der Waals surface area contributed by atoms with Crippen LogP contribution in [-0.2, 0) is 10.0 Å². The summed E-state index contributed by atoms with van der Waals surface area (Å²) in [5, 5.41) is 12.6. The molecule has 0 atom stereocenters. The fourth-order valence-corrected chi connectivity index (χ4v) is 5.65. The van der Waals surface area contributed by atoms with Gasteiger partial charge in [0.15, 0.2) is 0 Å². The molecule has 0 saturated carbocycles. The van der Waals surface area contributed by atoms with Gasteiger partial charge < -0.3 is 10.0 Å². The van der Waals surface area contributed by atoms with Crippen LogP contribution in [0, 0.1) is 5.92 Å². The first-order valence-corrected chi connectivity index (χ1v) is 11.0. The molecule has 1 aromatic carbocycles. The summed E-state index contributed by atoms with van der Waals surface area (Å²) in [4.78, 5) is 5.38. The number of azide groups is 1. The summed E-state index contributed by atoms with van der Waals surface area (Å²) in [5.41, 5.74) is 8.85. The highest BCUT2D eigenvalue weighted by atomic mass is 32.2. The van der Waals surface area contributed by atoms with Crippen LogP contribution in [0.3, 0.4) is 0 Å². The zero-order valence-corrected chi connectivity index (χ0v) is 16.3. The second-order valence-corrected chi connectivity index (χ2v) is 9.25. The Balaban J connectivity index is 1.58. The van der Waals surface area contributed by atoms with E-state index in [9.17, 15) is 8.42 Å². The highest BCUT2D eigenvalue weighted by molar-refractivity contribution is 7.89. The minimum absolute atomic E-state index is 0.177. The molecule has 2 heterocycles. The summed E-state index contributed by atoms with van der Waals surface area (Å²) >= 11 is 0. The fraction of sp³-hybridized carbons (Fsp3) is 0.667. The van der Waals surface area contributed by atoms with Crippen LogP contribution in [0.25, 0.3) is 10.4 Å². The molecule has 0 aliphatic carbocycles. The number of hydrogen-bond acceptors (Lipinski definition) is 5. The quantitative estimate of drug-likeness (QED) is 0.455. The molecule has 0 aromatic heterocycles. The Labute approximate surface area is 160 Å². The number of sulfonamides is 1. The Morgan fingerprint density at radius 1 is 1.15 bits per heavy atom. The lowest BCUT2D eigenvalue weighted by atomic mass is 9.92. The van der Waals surface area contributed by atoms with Crippen molar-refractivity contribution in [2.75, 3.05) is 32.8 Å². The highest BCUT2D eigenvalue weighted by Crippen LogP contribution is 2.28. The van der Waals surface area contributed by atoms with E-state index in [0.29, 0.717) is 30.7 Å². The Kier molecular flexibility index (Phi) is 6.73. The molecule has 2 saturated heterocycles. The Bertz CT molecular complexity index is 778. The van der Waals surface area contributed by atoms with E-state index in [-0.39, 0.29) is 11.5 Å². The molecule has 0 unspecified atom stereocenters. The molecule has 0 spiro atoms. The van der Waals surface area contributed by atoms with Gasteiger partial charge in [-0.2, -0.15) is 4.31 Å². The minimum Gasteiger partial charge on any atom is -0.396 e. The lowest BCUT2D eigenvalue weighted by molar-refractivity contribution is 0.0894. The molecule has 3 rings (SSSR count). The fourth-order valence-electron chi connectivity index (χ4n) is 4.14. The summed E-state index contributed by atoms with van der Waals surface area (Å²) in [6, 6.07) is 6.59. The number of piperidine rings is 2. The van der Waals surface area contributed by atoms with Gasteiger partial charge in [-0.05, 0) is 68.8 Å². The third-order valence-electron chi connectivity index (χ3n) is 5.74. The molecule has 2 fully saturated rings. The summed E-state index contributed by atoms with van der Waals surface area (Å²) < 4.78 is 27.3. The molecule has 2 aliphatic heterocycles. The van der Waals surface area contributed by atoms with E-state index in [1.54, 1.807) is 18.2 Å². The molecule has 8 nitrogen and oxygen atoms in total. The van der Waals surface area contributed by atoms with Gasteiger partial charge in [0.1, 0.15) is 0 Å². The second kappa shape index (κ2) is 9.03. The van der Waals surface area contributed by atoms with E-state index in [2.05, 4.69) is 14.9 Å². The Morgan fingerprint density at radius 2 is 1.85 bits per heavy atom. The average molecular weight is 394 g/mol. The maximum absolute atomic E-state index is 12.9. The number of likely N-dealkylation sites (tertiary alicyclic amines) is 1. The molecular formula is C18H27N5O3S. The lowest BCUT2D eigenvalue weighted by Crippen LogP contribution is -2.49. The van der Waals surface area contributed by atoms with E-state index in [4.69, 9.17) is 10.6 Å². The van der Waals surface area contributed by atoms with E-state index >= 15 is 0 Å². The molecule has 0 amide bonds. The topological polar surface area (TPSA) is 110 Å². The normalized spacial score (nSPS) is 21.1. The second-order valence-electron chi connectivity index (χ2n) is 7.31. The van der Waals surface area contributed by atoms with Crippen molar-refractivity contribution in [2.45, 2.75) is 43.0 Å². The van der Waals surface area contributed by atoms with Crippen LogP contribution in [0.15, 0.2) is 34.3 Å². The summed E-state index contributed by atoms with van der Waals surface area (Å²) in [6.45, 7) is 3.36. The van der Waals surface area contributed by atoms with Crippen LogP contribution < -0.4 is 0 Å². The van der Waals surface area contributed by atoms with Gasteiger partial charge in [0.2, 0.25) is 10.0 Å². The van der Waals surface area contributed by atoms with Crippen LogP contribution in [0.2, 0.25) is 0 Å². The predicted molar refractivity (Wildman–Crippen MR) is 103 cm³/mol. The standard InChI is InChI=1S/C18H27N5O3S/c19-21-20-16-2-1-3-18(14-16)27(25,26)23-11-6-17(7-12-23)22-9-4-15(5-10-22)8-13-24/h1-3,14-15,17,24H,4-13H2. The minimum atomic E-state index is -3.57. The summed E-state index contributed by atoms with van der Waals surface area (Å²) in [5.74, 6) is 0.620. The van der Waals surface area contributed by atoms with Gasteiger partial charge in [-0.1, -0.05) is 17.2 Å². The average Bonchev–Trinajstić information content (AvgIpc) is 2.69. The molecule has 1 aromatic rings. The van der Waals surface area contributed by atoms with Crippen LogP contribution in [-0.4, -0.2) is 61.6 Å². The van der Waals surface area contributed by atoms with Gasteiger partial charge in [-0.3, -0.25) is 0 Å². The van der Waals surface area contributed by atoms with Crippen molar-refractivity contribution in [2.24, 2.45) is 11.0 Å². The van der Waals surface area contributed by atoms with Gasteiger partial charge in [0, 0.05) is 36.3 Å². The van der Waals surface area contributed by atoms with Gasteiger partial charge >= 0.3 is 0 Å². The lowest BCUT2D eigenvalue weighted by Gasteiger charge is -2.41. The van der Waals surface area contributed by atoms with Crippen molar-refractivity contribution in [3.05, 3.63) is 34.7 Å². The van der Waals surface area contributed by atoms with Gasteiger partial charge in [-0.25, -0.2) is 8.42 Å². The largest absolute Gasteiger partial charge is 0.396 e. The van der Waals surface area contributed by atoms with Crippen molar-refractivity contribution >= 4 is 15.7 Å². The molecule has 0 radical (unpaired) electrons. The maximum atomic E-state index is 12.9. The van der Waals surface area contributed by atoms with Crippen molar-refractivity contribution in [3.8, 4) is 0 Å². The summed E-state index contributed by atoms with van der Waals surface area (Å²) in [6.07, 6.45) is 4.79. The van der Waals surface area contributed by atoms with Crippen LogP contribution in [0.4, 0.5) is 5.69 Å². The van der Waals surface area contributed by atoms with E-state index < -0.39 is 10.0 Å². The highest BCUT2D eigenvalue weighted by Gasteiger charge is 2.33. The monoisotopic (exact) mass is 393 g/mol. The SMILES string of the molecule is [N-]=[N+]=Nc1cccc(S(=O)(=O)N2CCC(N3CCC(CCO)CC3)CC2)c1. The Morgan fingerprint density at radius 3 is 2.48 bits per heavy atom. The first-order chi connectivity index (χ1) is 13.0. The molecule has 9 heteroatoms. The van der Waals surface area contributed by atoms with Crippen molar-refractivity contribution < 1.29 is 13.5 Å². The van der Waals surface area contributed by atoms with E-state index in [1.807, 2.05) is 0 Å². The maximum Gasteiger partial charge on any atom is 0.243 e. The Hall–Kier alpha value is -1.64. The molecule has 148 valence electrons. The van der Waals surface area contributed by atoms with Gasteiger partial charge in [-0.15, -0.1) is 0 Å². The van der Waals surface area contributed by atoms with Crippen LogP contribution in [0.1, 0.15) is 32.1 Å². The number of benzene rings is 1. The van der Waals surface area contributed by atoms with Crippen molar-refractivity contribution in [3.63, 3.8) is 0 Å². The van der Waals surface area contributed by atoms with Gasteiger partial charge in [0.25, 0.3) is 0 Å². The zero-order chi connectivity index (χ0) is 19.3. The van der Waals surface area contributed by atoms with Crippen LogP contribution >= 0.6 is 0 Å². The predicted octanol–water partition coefficient (Wildman–Crippen LogP) is 2.88. The number of aliphatic hydroxyl groups excluding tert-OH is 1. The number of aliphatic hydroxyl groups is 1. The zero-order valence-electron chi connectivity index (χ0n) is 15.4. The van der Waals surface area contributed by atoms with Crippen LogP contribution in [0.5, 0.6) is 0 Å². The molecule has 27 heavy (non-hydrogen) atoms. The van der Waals surface area contributed by atoms with Crippen molar-refractivity contribution in [1.82, 2.24) is 9.21 Å². The summed E-state index contributed by atoms with van der Waals surface area (Å²) in [7, 11) is -3.57. The van der Waals surface area contributed by atoms with Gasteiger partial charge in [0.05, 0.1) is 4.90 Å². The molecule has 1 N–H and O–H groups in total. The first-order valence-electron chi connectivity index (χ1n) is 9.55. The number of nitrogens with zero attached hydrogens (tertiary/aromatic N) is 5. The third-order valence-corrected chi connectivity index (χ3v) is 7.64. The van der Waals surface area contributed by atoms with E-state index in [1.165, 1.54) is 10.4 Å². The van der Waals surface area contributed by atoms with E-state index in [0.717, 1.165) is 45.2 Å². The molecule has 2 aliphatic rings. The molecular weight excluding hydrogens is 366 g/mol.